The number of anilines is 2. The first-order chi connectivity index (χ1) is 24.9. The van der Waals surface area contributed by atoms with Gasteiger partial charge in [0, 0.05) is 29.5 Å². The van der Waals surface area contributed by atoms with Gasteiger partial charge in [-0.25, -0.2) is 13.2 Å². The van der Waals surface area contributed by atoms with Crippen LogP contribution in [0, 0.1) is 5.41 Å². The van der Waals surface area contributed by atoms with E-state index in [1.807, 2.05) is 42.7 Å². The van der Waals surface area contributed by atoms with Crippen LogP contribution in [-0.4, -0.2) is 79.6 Å². The summed E-state index contributed by atoms with van der Waals surface area (Å²) < 4.78 is 34.8. The summed E-state index contributed by atoms with van der Waals surface area (Å²) >= 11 is 2.60. The van der Waals surface area contributed by atoms with Gasteiger partial charge in [0.15, 0.2) is 16.4 Å². The average molecular weight is 772 g/mol. The number of hydrogen-bond acceptors (Lipinski definition) is 10. The van der Waals surface area contributed by atoms with Crippen molar-refractivity contribution >= 4 is 62.5 Å². The molecular formula is C38H49N3O8S3. The Balaban J connectivity index is 1.68. The zero-order valence-corrected chi connectivity index (χ0v) is 32.5. The van der Waals surface area contributed by atoms with E-state index < -0.39 is 51.7 Å². The number of carboxylic acids is 1. The van der Waals surface area contributed by atoms with Crippen LogP contribution in [0.1, 0.15) is 64.0 Å². The van der Waals surface area contributed by atoms with E-state index in [0.717, 1.165) is 44.2 Å². The van der Waals surface area contributed by atoms with Crippen molar-refractivity contribution in [1.82, 2.24) is 10.6 Å². The molecule has 0 radical (unpaired) electrons. The number of para-hydroxylation sites is 1. The van der Waals surface area contributed by atoms with Crippen molar-refractivity contribution in [2.24, 2.45) is 5.41 Å². The van der Waals surface area contributed by atoms with Crippen molar-refractivity contribution in [3.8, 4) is 11.5 Å². The molecule has 0 saturated carbocycles. The number of rotatable bonds is 18. The van der Waals surface area contributed by atoms with Gasteiger partial charge in [-0.05, 0) is 61.2 Å². The minimum absolute atomic E-state index is 0.00777. The lowest BCUT2D eigenvalue weighted by Gasteiger charge is -2.37. The van der Waals surface area contributed by atoms with E-state index in [1.165, 1.54) is 53.9 Å². The van der Waals surface area contributed by atoms with Crippen LogP contribution in [0.5, 0.6) is 11.5 Å². The topological polar surface area (TPSA) is 162 Å². The largest absolute Gasteiger partial charge is 0.508 e. The molecule has 52 heavy (non-hydrogen) atoms. The molecule has 14 heteroatoms. The number of carbonyl (C=O) groups is 3. The minimum Gasteiger partial charge on any atom is -0.508 e. The summed E-state index contributed by atoms with van der Waals surface area (Å²) in [5.74, 6) is -2.40. The molecule has 282 valence electrons. The fourth-order valence-electron chi connectivity index (χ4n) is 6.49. The molecule has 0 saturated heterocycles. The number of aromatic hydroxyl groups is 1. The van der Waals surface area contributed by atoms with Gasteiger partial charge >= 0.3 is 5.97 Å². The number of hydrogen-bond donors (Lipinski definition) is 4. The molecule has 0 spiro atoms. The van der Waals surface area contributed by atoms with Gasteiger partial charge in [0.2, 0.25) is 5.91 Å². The van der Waals surface area contributed by atoms with Crippen LogP contribution in [0.3, 0.4) is 0 Å². The summed E-state index contributed by atoms with van der Waals surface area (Å²) in [6.07, 6.45) is 8.84. The Bertz CT molecular complexity index is 1780. The summed E-state index contributed by atoms with van der Waals surface area (Å²) in [4.78, 5) is 41.4. The highest BCUT2D eigenvalue weighted by Gasteiger charge is 2.42. The second-order valence-electron chi connectivity index (χ2n) is 13.1. The molecule has 3 aromatic carbocycles. The standard InChI is InChI=1S/C38H49N3O8S3/c1-5-7-18-38(19-8-6-2)24-41(27-12-10-9-11-13-27)30-20-32(51-4)31(21-33(30)52(47,48)25-38)49-22-34(43)40-35(26-14-16-28(42)17-15-26)36(44)39-29(23-50-3)37(45)46/h9-17,20-21,29,35,42H,5-8,18-19,22-25H2,1-4H3,(H,39,44)(H,40,43)(H,45,46)/t29-,35-/m1/s1. The van der Waals surface area contributed by atoms with Crippen molar-refractivity contribution in [1.29, 1.82) is 0 Å². The second kappa shape index (κ2) is 18.7. The lowest BCUT2D eigenvalue weighted by molar-refractivity contribution is -0.141. The summed E-state index contributed by atoms with van der Waals surface area (Å²) in [6.45, 7) is 4.22. The maximum Gasteiger partial charge on any atom is 0.327 e. The van der Waals surface area contributed by atoms with Crippen molar-refractivity contribution < 1.29 is 37.8 Å². The number of carboxylic acid groups (broad SMARTS) is 1. The Morgan fingerprint density at radius 2 is 1.62 bits per heavy atom. The Hall–Kier alpha value is -3.88. The second-order valence-corrected chi connectivity index (χ2v) is 16.8. The number of thioether (sulfide) groups is 2. The SMILES string of the molecule is CCCCC1(CCCC)CN(c2ccccc2)c2cc(SC)c(OCC(=O)N[C@@H](C(=O)N[C@H](CSC)C(=O)O)c3ccc(O)cc3)cc2S(=O)(=O)C1. The first-order valence-corrected chi connectivity index (χ1v) is 21.6. The molecule has 0 aliphatic carbocycles. The number of nitrogens with zero attached hydrogens (tertiary/aromatic N) is 1. The summed E-state index contributed by atoms with van der Waals surface area (Å²) in [7, 11) is -3.82. The molecule has 1 heterocycles. The zero-order chi connectivity index (χ0) is 37.9. The van der Waals surface area contributed by atoms with Crippen LogP contribution in [0.2, 0.25) is 0 Å². The average Bonchev–Trinajstić information content (AvgIpc) is 3.22. The van der Waals surface area contributed by atoms with Crippen LogP contribution < -0.4 is 20.3 Å². The molecule has 2 amide bonds. The van der Waals surface area contributed by atoms with Gasteiger partial charge in [-0.2, -0.15) is 11.8 Å². The van der Waals surface area contributed by atoms with E-state index in [1.54, 1.807) is 6.26 Å². The van der Waals surface area contributed by atoms with Crippen LogP contribution in [-0.2, 0) is 24.2 Å². The fourth-order valence-corrected chi connectivity index (χ4v) is 9.71. The van der Waals surface area contributed by atoms with E-state index in [9.17, 15) is 33.0 Å². The molecule has 4 N–H and O–H groups in total. The van der Waals surface area contributed by atoms with Crippen molar-refractivity contribution in [3.05, 3.63) is 72.3 Å². The van der Waals surface area contributed by atoms with Gasteiger partial charge in [-0.3, -0.25) is 9.59 Å². The maximum absolute atomic E-state index is 14.4. The molecule has 1 aliphatic rings. The van der Waals surface area contributed by atoms with Gasteiger partial charge < -0.3 is 30.5 Å². The number of amides is 2. The number of phenolic OH excluding ortho intramolecular Hbond substituents is 1. The number of carbonyl (C=O) groups excluding carboxylic acids is 2. The van der Waals surface area contributed by atoms with Crippen LogP contribution in [0.25, 0.3) is 0 Å². The quantitative estimate of drug-likeness (QED) is 0.104. The number of sulfone groups is 1. The van der Waals surface area contributed by atoms with Gasteiger partial charge in [0.05, 0.1) is 21.2 Å². The van der Waals surface area contributed by atoms with Crippen LogP contribution >= 0.6 is 23.5 Å². The lowest BCUT2D eigenvalue weighted by atomic mass is 9.79. The van der Waals surface area contributed by atoms with E-state index in [-0.39, 0.29) is 27.9 Å². The fraction of sp³-hybridized carbons (Fsp3) is 0.447. The highest BCUT2D eigenvalue weighted by Crippen LogP contribution is 2.47. The highest BCUT2D eigenvalue weighted by atomic mass is 32.2. The predicted octanol–water partition coefficient (Wildman–Crippen LogP) is 6.58. The molecule has 11 nitrogen and oxygen atoms in total. The molecule has 0 aromatic heterocycles. The molecule has 2 atom stereocenters. The Labute approximate surface area is 315 Å². The number of benzene rings is 3. The number of unbranched alkanes of at least 4 members (excludes halogenated alkanes) is 2. The predicted molar refractivity (Wildman–Crippen MR) is 208 cm³/mol. The van der Waals surface area contributed by atoms with Crippen molar-refractivity contribution in [2.45, 2.75) is 74.2 Å². The maximum atomic E-state index is 14.4. The van der Waals surface area contributed by atoms with Crippen LogP contribution in [0.15, 0.2) is 76.5 Å². The van der Waals surface area contributed by atoms with Gasteiger partial charge in [-0.1, -0.05) is 69.9 Å². The van der Waals surface area contributed by atoms with Crippen molar-refractivity contribution in [3.63, 3.8) is 0 Å². The lowest BCUT2D eigenvalue weighted by Crippen LogP contribution is -2.49. The normalized spacial score (nSPS) is 15.8. The molecule has 0 bridgehead atoms. The molecule has 4 rings (SSSR count). The first kappa shape index (κ1) is 40.9. The number of fused-ring (bicyclic) bond motifs is 1. The molecular weight excluding hydrogens is 723 g/mol. The molecule has 0 unspecified atom stereocenters. The number of phenols is 1. The monoisotopic (exact) mass is 771 g/mol. The minimum atomic E-state index is -3.82. The Morgan fingerprint density at radius 3 is 2.19 bits per heavy atom. The molecule has 3 aromatic rings. The third kappa shape index (κ3) is 10.4. The number of aliphatic carboxylic acids is 1. The third-order valence-corrected chi connectivity index (χ3v) is 12.6. The van der Waals surface area contributed by atoms with E-state index in [0.29, 0.717) is 22.7 Å². The zero-order valence-electron chi connectivity index (χ0n) is 30.1. The van der Waals surface area contributed by atoms with Crippen molar-refractivity contribution in [2.75, 3.05) is 42.1 Å². The van der Waals surface area contributed by atoms with Gasteiger partial charge in [-0.15, -0.1) is 11.8 Å². The summed E-state index contributed by atoms with van der Waals surface area (Å²) in [6, 6.07) is 16.2. The third-order valence-electron chi connectivity index (χ3n) is 9.15. The first-order valence-electron chi connectivity index (χ1n) is 17.4. The van der Waals surface area contributed by atoms with Crippen LogP contribution in [0.4, 0.5) is 11.4 Å². The van der Waals surface area contributed by atoms with E-state index in [2.05, 4.69) is 29.4 Å². The highest BCUT2D eigenvalue weighted by molar-refractivity contribution is 7.99. The molecule has 1 aliphatic heterocycles. The van der Waals surface area contributed by atoms with Gasteiger partial charge in [0.1, 0.15) is 23.6 Å². The Kier molecular flexibility index (Phi) is 14.7. The number of ether oxygens (including phenoxy) is 1. The van der Waals surface area contributed by atoms with Gasteiger partial charge in [0.25, 0.3) is 5.91 Å². The summed E-state index contributed by atoms with van der Waals surface area (Å²) in [5, 5.41) is 24.5. The van der Waals surface area contributed by atoms with E-state index in [4.69, 9.17) is 4.74 Å². The number of nitrogens with one attached hydrogen (secondary N) is 2. The Morgan fingerprint density at radius 1 is 0.962 bits per heavy atom. The smallest absolute Gasteiger partial charge is 0.327 e. The van der Waals surface area contributed by atoms with E-state index >= 15 is 0 Å². The summed E-state index contributed by atoms with van der Waals surface area (Å²) in [5.41, 5.74) is 1.29. The molecule has 0 fully saturated rings.